The van der Waals surface area contributed by atoms with E-state index in [0.29, 0.717) is 18.9 Å². The van der Waals surface area contributed by atoms with E-state index < -0.39 is 11.7 Å². The van der Waals surface area contributed by atoms with Crippen molar-refractivity contribution in [2.75, 3.05) is 6.54 Å². The lowest BCUT2D eigenvalue weighted by molar-refractivity contribution is -0.120. The lowest BCUT2D eigenvalue weighted by atomic mass is 10.0. The number of amides is 2. The third-order valence-electron chi connectivity index (χ3n) is 2.34. The molecule has 0 aromatic carbocycles. The number of carbonyl (C=O) groups is 2. The van der Waals surface area contributed by atoms with Crippen LogP contribution in [0.4, 0.5) is 4.79 Å². The highest BCUT2D eigenvalue weighted by molar-refractivity contribution is 5.75. The fourth-order valence-electron chi connectivity index (χ4n) is 1.60. The van der Waals surface area contributed by atoms with Crippen molar-refractivity contribution < 1.29 is 14.3 Å². The Kier molecular flexibility index (Phi) is 7.49. The molecular weight excluding hydrogens is 244 g/mol. The van der Waals surface area contributed by atoms with Crippen molar-refractivity contribution in [2.24, 2.45) is 5.92 Å². The van der Waals surface area contributed by atoms with Gasteiger partial charge in [0.1, 0.15) is 5.60 Å². The fourth-order valence-corrected chi connectivity index (χ4v) is 1.60. The van der Waals surface area contributed by atoms with Gasteiger partial charge in [0.15, 0.2) is 0 Å². The molecule has 0 spiro atoms. The summed E-state index contributed by atoms with van der Waals surface area (Å²) in [5.41, 5.74) is -0.515. The Morgan fingerprint density at radius 2 is 1.79 bits per heavy atom. The molecule has 5 nitrogen and oxygen atoms in total. The Labute approximate surface area is 116 Å². The Morgan fingerprint density at radius 3 is 2.21 bits per heavy atom. The smallest absolute Gasteiger partial charge is 0.407 e. The second kappa shape index (κ2) is 8.02. The van der Waals surface area contributed by atoms with Crippen LogP contribution in [0.2, 0.25) is 0 Å². The maximum Gasteiger partial charge on any atom is 0.407 e. The summed E-state index contributed by atoms with van der Waals surface area (Å²) < 4.78 is 5.22. The molecule has 2 amide bonds. The zero-order valence-corrected chi connectivity index (χ0v) is 13.0. The van der Waals surface area contributed by atoms with Crippen LogP contribution in [0.1, 0.15) is 54.4 Å². The van der Waals surface area contributed by atoms with Crippen LogP contribution in [-0.4, -0.2) is 30.2 Å². The van der Waals surface area contributed by atoms with E-state index in [9.17, 15) is 9.59 Å². The van der Waals surface area contributed by atoms with E-state index in [1.165, 1.54) is 0 Å². The molecule has 1 atom stereocenters. The molecule has 0 rings (SSSR count). The summed E-state index contributed by atoms with van der Waals surface area (Å²) in [5.74, 6) is 0.415. The molecule has 0 heterocycles. The molecule has 0 unspecified atom stereocenters. The first kappa shape index (κ1) is 17.7. The van der Waals surface area contributed by atoms with E-state index >= 15 is 0 Å². The van der Waals surface area contributed by atoms with Crippen molar-refractivity contribution >= 4 is 12.0 Å². The lowest BCUT2D eigenvalue weighted by Gasteiger charge is -2.24. The average molecular weight is 272 g/mol. The van der Waals surface area contributed by atoms with Gasteiger partial charge in [-0.2, -0.15) is 0 Å². The van der Waals surface area contributed by atoms with E-state index in [2.05, 4.69) is 24.5 Å². The first-order chi connectivity index (χ1) is 8.64. The molecule has 0 aromatic heterocycles. The number of hydrogen-bond acceptors (Lipinski definition) is 3. The summed E-state index contributed by atoms with van der Waals surface area (Å²) in [5, 5.41) is 5.61. The maximum atomic E-state index is 11.7. The highest BCUT2D eigenvalue weighted by Crippen LogP contribution is 2.09. The van der Waals surface area contributed by atoms with E-state index in [1.807, 2.05) is 20.8 Å². The monoisotopic (exact) mass is 272 g/mol. The minimum absolute atomic E-state index is 0.0141. The average Bonchev–Trinajstić information content (AvgIpc) is 2.21. The quantitative estimate of drug-likeness (QED) is 0.780. The molecule has 0 bridgehead atoms. The van der Waals surface area contributed by atoms with Gasteiger partial charge < -0.3 is 15.4 Å². The van der Waals surface area contributed by atoms with Crippen molar-refractivity contribution in [1.29, 1.82) is 0 Å². The molecular formula is C14H28N2O3. The Hall–Kier alpha value is -1.26. The molecule has 0 aliphatic rings. The van der Waals surface area contributed by atoms with Crippen LogP contribution in [0.5, 0.6) is 0 Å². The highest BCUT2D eigenvalue weighted by atomic mass is 16.6. The highest BCUT2D eigenvalue weighted by Gasteiger charge is 2.20. The molecule has 0 aliphatic heterocycles. The number of carbonyl (C=O) groups excluding carboxylic acids is 2. The minimum Gasteiger partial charge on any atom is -0.444 e. The van der Waals surface area contributed by atoms with Crippen molar-refractivity contribution in [3.8, 4) is 0 Å². The summed E-state index contributed by atoms with van der Waals surface area (Å²) in [6, 6.07) is -0.106. The summed E-state index contributed by atoms with van der Waals surface area (Å²) in [6.45, 7) is 11.9. The SMILES string of the molecule is CCC(=O)NC[C@H](CC(C)C)NC(=O)OC(C)(C)C. The number of ether oxygens (including phenoxy) is 1. The minimum atomic E-state index is -0.515. The van der Waals surface area contributed by atoms with Gasteiger partial charge in [-0.3, -0.25) is 4.79 Å². The molecule has 0 fully saturated rings. The van der Waals surface area contributed by atoms with Crippen molar-refractivity contribution in [3.63, 3.8) is 0 Å². The number of rotatable bonds is 6. The maximum absolute atomic E-state index is 11.7. The van der Waals surface area contributed by atoms with Gasteiger partial charge >= 0.3 is 6.09 Å². The van der Waals surface area contributed by atoms with Crippen LogP contribution in [0.25, 0.3) is 0 Å². The number of alkyl carbamates (subject to hydrolysis) is 1. The fraction of sp³-hybridized carbons (Fsp3) is 0.857. The van der Waals surface area contributed by atoms with Gasteiger partial charge in [0.2, 0.25) is 5.91 Å². The lowest BCUT2D eigenvalue weighted by Crippen LogP contribution is -2.46. The first-order valence-electron chi connectivity index (χ1n) is 6.90. The van der Waals surface area contributed by atoms with Crippen LogP contribution in [0, 0.1) is 5.92 Å². The normalized spacial score (nSPS) is 13.0. The zero-order valence-electron chi connectivity index (χ0n) is 13.0. The van der Waals surface area contributed by atoms with Crippen LogP contribution >= 0.6 is 0 Å². The third kappa shape index (κ3) is 10.4. The van der Waals surface area contributed by atoms with E-state index in [4.69, 9.17) is 4.74 Å². The van der Waals surface area contributed by atoms with Crippen molar-refractivity contribution in [1.82, 2.24) is 10.6 Å². The van der Waals surface area contributed by atoms with Crippen LogP contribution < -0.4 is 10.6 Å². The van der Waals surface area contributed by atoms with Gasteiger partial charge in [0, 0.05) is 19.0 Å². The van der Waals surface area contributed by atoms with Gasteiger partial charge in [0.25, 0.3) is 0 Å². The van der Waals surface area contributed by atoms with E-state index in [0.717, 1.165) is 6.42 Å². The Bertz CT molecular complexity index is 296. The molecule has 5 heteroatoms. The predicted octanol–water partition coefficient (Wildman–Crippen LogP) is 2.45. The predicted molar refractivity (Wildman–Crippen MR) is 75.9 cm³/mol. The topological polar surface area (TPSA) is 67.4 Å². The van der Waals surface area contributed by atoms with Gasteiger partial charge in [-0.1, -0.05) is 20.8 Å². The molecule has 0 aliphatic carbocycles. The molecule has 112 valence electrons. The molecule has 2 N–H and O–H groups in total. The summed E-state index contributed by atoms with van der Waals surface area (Å²) in [6.07, 6.45) is 0.799. The molecule has 0 radical (unpaired) electrons. The standard InChI is InChI=1S/C14H28N2O3/c1-7-12(17)15-9-11(8-10(2)3)16-13(18)19-14(4,5)6/h10-11H,7-9H2,1-6H3,(H,15,17)(H,16,18)/t11-/m0/s1. The van der Waals surface area contributed by atoms with Crippen LogP contribution in [0.15, 0.2) is 0 Å². The summed E-state index contributed by atoms with van der Waals surface area (Å²) >= 11 is 0. The van der Waals surface area contributed by atoms with Crippen molar-refractivity contribution in [2.45, 2.75) is 66.0 Å². The second-order valence-corrected chi connectivity index (χ2v) is 6.13. The van der Waals surface area contributed by atoms with E-state index in [1.54, 1.807) is 6.92 Å². The molecule has 0 aromatic rings. The van der Waals surface area contributed by atoms with Crippen molar-refractivity contribution in [3.05, 3.63) is 0 Å². The second-order valence-electron chi connectivity index (χ2n) is 6.13. The van der Waals surface area contributed by atoms with Crippen LogP contribution in [-0.2, 0) is 9.53 Å². The Morgan fingerprint density at radius 1 is 1.21 bits per heavy atom. The molecule has 0 saturated heterocycles. The van der Waals surface area contributed by atoms with E-state index in [-0.39, 0.29) is 11.9 Å². The first-order valence-corrected chi connectivity index (χ1v) is 6.90. The zero-order chi connectivity index (χ0) is 15.1. The van der Waals surface area contributed by atoms with Gasteiger partial charge in [-0.05, 0) is 33.1 Å². The molecule has 19 heavy (non-hydrogen) atoms. The van der Waals surface area contributed by atoms with Gasteiger partial charge in [-0.15, -0.1) is 0 Å². The summed E-state index contributed by atoms with van der Waals surface area (Å²) in [4.78, 5) is 23.0. The third-order valence-corrected chi connectivity index (χ3v) is 2.34. The number of nitrogens with one attached hydrogen (secondary N) is 2. The molecule has 0 saturated carbocycles. The summed E-state index contributed by atoms with van der Waals surface area (Å²) in [7, 11) is 0. The largest absolute Gasteiger partial charge is 0.444 e. The van der Waals surface area contributed by atoms with Crippen LogP contribution in [0.3, 0.4) is 0 Å². The number of hydrogen-bond donors (Lipinski definition) is 2. The van der Waals surface area contributed by atoms with Gasteiger partial charge in [-0.25, -0.2) is 4.79 Å². The Balaban J connectivity index is 4.34. The van der Waals surface area contributed by atoms with Gasteiger partial charge in [0.05, 0.1) is 0 Å².